The molecule has 1 amide bonds. The van der Waals surface area contributed by atoms with Gasteiger partial charge >= 0.3 is 0 Å². The Bertz CT molecular complexity index is 427. The fourth-order valence-corrected chi connectivity index (χ4v) is 2.50. The topological polar surface area (TPSA) is 80.0 Å². The van der Waals surface area contributed by atoms with Crippen molar-refractivity contribution in [3.8, 4) is 0 Å². The number of nitrogens with zero attached hydrogens (tertiary/aromatic N) is 1. The van der Waals surface area contributed by atoms with Crippen LogP contribution in [0.5, 0.6) is 0 Å². The minimum Gasteiger partial charge on any atom is -0.350 e. The number of nitrogens with one attached hydrogen (secondary N) is 2. The van der Waals surface area contributed by atoms with Crippen molar-refractivity contribution in [2.75, 3.05) is 12.0 Å². The predicted octanol–water partition coefficient (Wildman–Crippen LogP) is 1.92. The second kappa shape index (κ2) is 6.52. The molecule has 0 unspecified atom stereocenters. The quantitative estimate of drug-likeness (QED) is 0.572. The highest BCUT2D eigenvalue weighted by Crippen LogP contribution is 2.27. The number of rotatable bonds is 4. The number of carbonyl (C=O) groups excluding carboxylic acids is 1. The molecule has 0 bridgehead atoms. The number of amides is 1. The maximum absolute atomic E-state index is 12.0. The molecule has 1 saturated carbocycles. The summed E-state index contributed by atoms with van der Waals surface area (Å²) in [5.74, 6) is 7.09. The Balaban J connectivity index is 1.83. The average Bonchev–Trinajstić information content (AvgIpc) is 2.46. The second-order valence-electron chi connectivity index (χ2n) is 5.39. The van der Waals surface area contributed by atoms with Gasteiger partial charge in [0.25, 0.3) is 5.91 Å². The third-order valence-corrected chi connectivity index (χ3v) is 3.82. The molecule has 0 aromatic carbocycles. The van der Waals surface area contributed by atoms with E-state index in [0.29, 0.717) is 17.4 Å². The van der Waals surface area contributed by atoms with E-state index in [1.165, 1.54) is 25.7 Å². The van der Waals surface area contributed by atoms with E-state index in [1.54, 1.807) is 18.2 Å². The lowest BCUT2D eigenvalue weighted by Crippen LogP contribution is -2.31. The fraction of sp³-hybridized carbons (Fsp3) is 0.571. The van der Waals surface area contributed by atoms with E-state index < -0.39 is 0 Å². The van der Waals surface area contributed by atoms with Crippen molar-refractivity contribution in [1.82, 2.24) is 10.3 Å². The molecule has 4 N–H and O–H groups in total. The smallest absolute Gasteiger partial charge is 0.269 e. The lowest BCUT2D eigenvalue weighted by molar-refractivity contribution is 0.0937. The molecule has 1 heterocycles. The van der Waals surface area contributed by atoms with Crippen LogP contribution in [0.15, 0.2) is 18.2 Å². The molecule has 1 aliphatic rings. The molecule has 5 heteroatoms. The lowest BCUT2D eigenvalue weighted by Gasteiger charge is -2.26. The van der Waals surface area contributed by atoms with Gasteiger partial charge in [0.05, 0.1) is 0 Å². The Kier molecular flexibility index (Phi) is 4.74. The molecule has 2 rings (SSSR count). The van der Waals surface area contributed by atoms with Crippen LogP contribution in [-0.2, 0) is 0 Å². The highest BCUT2D eigenvalue weighted by atomic mass is 16.1. The zero-order valence-corrected chi connectivity index (χ0v) is 11.4. The molecule has 0 radical (unpaired) electrons. The Morgan fingerprint density at radius 1 is 1.37 bits per heavy atom. The Morgan fingerprint density at radius 3 is 2.79 bits per heavy atom. The Morgan fingerprint density at radius 2 is 2.11 bits per heavy atom. The van der Waals surface area contributed by atoms with Crippen LogP contribution in [0.4, 0.5) is 5.82 Å². The second-order valence-corrected chi connectivity index (χ2v) is 5.39. The van der Waals surface area contributed by atoms with Gasteiger partial charge in [-0.1, -0.05) is 25.8 Å². The maximum atomic E-state index is 12.0. The van der Waals surface area contributed by atoms with Crippen LogP contribution in [0, 0.1) is 11.8 Å². The van der Waals surface area contributed by atoms with Crippen LogP contribution in [0.1, 0.15) is 43.1 Å². The number of hydrogen-bond acceptors (Lipinski definition) is 4. The Hall–Kier alpha value is -1.62. The molecule has 1 aromatic rings. The van der Waals surface area contributed by atoms with Crippen molar-refractivity contribution >= 4 is 11.7 Å². The largest absolute Gasteiger partial charge is 0.350 e. The molecule has 19 heavy (non-hydrogen) atoms. The van der Waals surface area contributed by atoms with E-state index >= 15 is 0 Å². The third kappa shape index (κ3) is 3.92. The average molecular weight is 262 g/mol. The summed E-state index contributed by atoms with van der Waals surface area (Å²) < 4.78 is 0. The Labute approximate surface area is 114 Å². The van der Waals surface area contributed by atoms with Crippen molar-refractivity contribution in [3.05, 3.63) is 23.9 Å². The molecule has 104 valence electrons. The van der Waals surface area contributed by atoms with Gasteiger partial charge in [-0.25, -0.2) is 10.8 Å². The third-order valence-electron chi connectivity index (χ3n) is 3.82. The number of carbonyl (C=O) groups is 1. The minimum atomic E-state index is -0.129. The first-order chi connectivity index (χ1) is 9.19. The standard InChI is InChI=1S/C14H22N4O/c1-10-5-7-11(8-6-10)9-16-14(19)12-3-2-4-13(17-12)18-15/h2-4,10-11H,5-9,15H2,1H3,(H,16,19)(H,17,18). The molecule has 5 nitrogen and oxygen atoms in total. The van der Waals surface area contributed by atoms with Gasteiger partial charge in [-0.05, 0) is 36.8 Å². The highest BCUT2D eigenvalue weighted by molar-refractivity contribution is 5.92. The van der Waals surface area contributed by atoms with E-state index in [4.69, 9.17) is 5.84 Å². The summed E-state index contributed by atoms with van der Waals surface area (Å²) in [6, 6.07) is 5.18. The number of anilines is 1. The van der Waals surface area contributed by atoms with E-state index in [-0.39, 0.29) is 5.91 Å². The number of pyridine rings is 1. The maximum Gasteiger partial charge on any atom is 0.269 e. The molecule has 1 aromatic heterocycles. The summed E-state index contributed by atoms with van der Waals surface area (Å²) in [6.07, 6.45) is 4.95. The first-order valence-electron chi connectivity index (χ1n) is 6.91. The van der Waals surface area contributed by atoms with E-state index in [0.717, 1.165) is 12.5 Å². The van der Waals surface area contributed by atoms with Gasteiger partial charge in [0.1, 0.15) is 11.5 Å². The van der Waals surface area contributed by atoms with Crippen molar-refractivity contribution in [2.24, 2.45) is 17.7 Å². The minimum absolute atomic E-state index is 0.129. The molecule has 0 saturated heterocycles. The van der Waals surface area contributed by atoms with Gasteiger partial charge in [-0.2, -0.15) is 0 Å². The summed E-state index contributed by atoms with van der Waals surface area (Å²) >= 11 is 0. The summed E-state index contributed by atoms with van der Waals surface area (Å²) in [4.78, 5) is 16.1. The monoisotopic (exact) mass is 262 g/mol. The van der Waals surface area contributed by atoms with Crippen LogP contribution in [0.2, 0.25) is 0 Å². The van der Waals surface area contributed by atoms with Crippen LogP contribution < -0.4 is 16.6 Å². The first-order valence-corrected chi connectivity index (χ1v) is 6.91. The van der Waals surface area contributed by atoms with E-state index in [1.807, 2.05) is 0 Å². The predicted molar refractivity (Wildman–Crippen MR) is 75.5 cm³/mol. The molecule has 1 fully saturated rings. The number of hydrogen-bond donors (Lipinski definition) is 3. The van der Waals surface area contributed by atoms with Crippen LogP contribution in [0.3, 0.4) is 0 Å². The molecule has 0 aliphatic heterocycles. The van der Waals surface area contributed by atoms with E-state index in [9.17, 15) is 4.79 Å². The lowest BCUT2D eigenvalue weighted by atomic mass is 9.83. The SMILES string of the molecule is CC1CCC(CNC(=O)c2cccc(NN)n2)CC1. The first kappa shape index (κ1) is 13.8. The summed E-state index contributed by atoms with van der Waals surface area (Å²) in [5, 5.41) is 2.96. The van der Waals surface area contributed by atoms with Gasteiger partial charge in [-0.15, -0.1) is 0 Å². The van der Waals surface area contributed by atoms with Crippen LogP contribution >= 0.6 is 0 Å². The molecule has 1 aliphatic carbocycles. The summed E-state index contributed by atoms with van der Waals surface area (Å²) in [5.41, 5.74) is 2.84. The zero-order valence-electron chi connectivity index (χ0n) is 11.4. The van der Waals surface area contributed by atoms with Crippen molar-refractivity contribution < 1.29 is 4.79 Å². The van der Waals surface area contributed by atoms with Crippen molar-refractivity contribution in [2.45, 2.75) is 32.6 Å². The van der Waals surface area contributed by atoms with Gasteiger partial charge in [0, 0.05) is 6.54 Å². The van der Waals surface area contributed by atoms with Crippen molar-refractivity contribution in [3.63, 3.8) is 0 Å². The number of nitrogens with two attached hydrogens (primary N) is 1. The zero-order chi connectivity index (χ0) is 13.7. The number of nitrogen functional groups attached to an aromatic ring is 1. The number of aromatic nitrogens is 1. The van der Waals surface area contributed by atoms with Gasteiger partial charge in [0.2, 0.25) is 0 Å². The molecule has 0 spiro atoms. The normalized spacial score (nSPS) is 22.8. The molecular weight excluding hydrogens is 240 g/mol. The number of hydrazine groups is 1. The van der Waals surface area contributed by atoms with Gasteiger partial charge < -0.3 is 10.7 Å². The van der Waals surface area contributed by atoms with Crippen molar-refractivity contribution in [1.29, 1.82) is 0 Å². The molecule has 0 atom stereocenters. The van der Waals surface area contributed by atoms with E-state index in [2.05, 4.69) is 22.7 Å². The fourth-order valence-electron chi connectivity index (χ4n) is 2.50. The van der Waals surface area contributed by atoms with Gasteiger partial charge in [-0.3, -0.25) is 4.79 Å². The van der Waals surface area contributed by atoms with Crippen LogP contribution in [-0.4, -0.2) is 17.4 Å². The van der Waals surface area contributed by atoms with Gasteiger partial charge in [0.15, 0.2) is 0 Å². The van der Waals surface area contributed by atoms with Crippen LogP contribution in [0.25, 0.3) is 0 Å². The summed E-state index contributed by atoms with van der Waals surface area (Å²) in [6.45, 7) is 3.04. The summed E-state index contributed by atoms with van der Waals surface area (Å²) in [7, 11) is 0. The molecular formula is C14H22N4O. The highest BCUT2D eigenvalue weighted by Gasteiger charge is 2.19.